The molecule has 2 bridgehead atoms. The maximum Gasteiger partial charge on any atom is 0.313 e. The molecule has 0 aromatic carbocycles. The van der Waals surface area contributed by atoms with Gasteiger partial charge in [0.2, 0.25) is 0 Å². The molecular formula is C15H17NO3. The molecule has 1 aromatic rings. The standard InChI is InChI=1S/C15H17NO3/c1-3-7-14-9-17-15(18-10-14,19-11-14)12-5-6-13(4-2)16-8-12/h2,5-6,8H,3,7,9-11H2,1H3. The van der Waals surface area contributed by atoms with E-state index in [0.29, 0.717) is 25.5 Å². The molecule has 3 saturated heterocycles. The Hall–Kier alpha value is -1.41. The monoisotopic (exact) mass is 259 g/mol. The van der Waals surface area contributed by atoms with Crippen molar-refractivity contribution in [1.29, 1.82) is 0 Å². The summed E-state index contributed by atoms with van der Waals surface area (Å²) in [6.45, 7) is 4.15. The Kier molecular flexibility index (Phi) is 3.06. The second-order valence-corrected chi connectivity index (χ2v) is 5.25. The average molecular weight is 259 g/mol. The Bertz CT molecular complexity index is 479. The van der Waals surface area contributed by atoms with Crippen LogP contribution in [0.15, 0.2) is 18.3 Å². The van der Waals surface area contributed by atoms with Crippen molar-refractivity contribution in [1.82, 2.24) is 4.98 Å². The molecule has 3 aliphatic rings. The minimum absolute atomic E-state index is 0.0166. The van der Waals surface area contributed by atoms with Crippen molar-refractivity contribution in [2.75, 3.05) is 19.8 Å². The molecule has 4 heteroatoms. The minimum Gasteiger partial charge on any atom is -0.323 e. The van der Waals surface area contributed by atoms with Crippen LogP contribution in [0, 0.1) is 17.8 Å². The van der Waals surface area contributed by atoms with Crippen molar-refractivity contribution in [3.05, 3.63) is 29.6 Å². The molecule has 0 aliphatic carbocycles. The summed E-state index contributed by atoms with van der Waals surface area (Å²) in [6, 6.07) is 3.61. The van der Waals surface area contributed by atoms with Gasteiger partial charge in [-0.25, -0.2) is 4.98 Å². The van der Waals surface area contributed by atoms with E-state index in [1.807, 2.05) is 6.07 Å². The van der Waals surface area contributed by atoms with Crippen LogP contribution in [0.5, 0.6) is 0 Å². The van der Waals surface area contributed by atoms with Gasteiger partial charge in [-0.3, -0.25) is 0 Å². The zero-order valence-electron chi connectivity index (χ0n) is 11.0. The quantitative estimate of drug-likeness (QED) is 0.779. The van der Waals surface area contributed by atoms with Crippen molar-refractivity contribution in [3.8, 4) is 12.3 Å². The fourth-order valence-corrected chi connectivity index (χ4v) is 2.65. The Labute approximate surface area is 113 Å². The predicted octanol–water partition coefficient (Wildman–Crippen LogP) is 2.04. The third-order valence-corrected chi connectivity index (χ3v) is 3.75. The van der Waals surface area contributed by atoms with Gasteiger partial charge in [0.05, 0.1) is 25.4 Å². The van der Waals surface area contributed by atoms with Gasteiger partial charge in [-0.2, -0.15) is 0 Å². The van der Waals surface area contributed by atoms with Crippen molar-refractivity contribution in [3.63, 3.8) is 0 Å². The average Bonchev–Trinajstić information content (AvgIpc) is 2.49. The first-order valence-corrected chi connectivity index (χ1v) is 6.57. The van der Waals surface area contributed by atoms with Crippen molar-refractivity contribution in [2.24, 2.45) is 5.41 Å². The summed E-state index contributed by atoms with van der Waals surface area (Å²) in [5, 5.41) is 0. The third-order valence-electron chi connectivity index (χ3n) is 3.75. The van der Waals surface area contributed by atoms with Crippen LogP contribution in [0.3, 0.4) is 0 Å². The first kappa shape index (κ1) is 12.6. The minimum atomic E-state index is -1.09. The van der Waals surface area contributed by atoms with Gasteiger partial charge in [0, 0.05) is 11.6 Å². The fraction of sp³-hybridized carbons (Fsp3) is 0.533. The summed E-state index contributed by atoms with van der Waals surface area (Å²) in [5.74, 6) is 1.40. The predicted molar refractivity (Wildman–Crippen MR) is 69.0 cm³/mol. The first-order chi connectivity index (χ1) is 9.22. The molecule has 0 unspecified atom stereocenters. The summed E-state index contributed by atoms with van der Waals surface area (Å²) in [4.78, 5) is 4.16. The van der Waals surface area contributed by atoms with E-state index >= 15 is 0 Å². The largest absolute Gasteiger partial charge is 0.323 e. The van der Waals surface area contributed by atoms with Gasteiger partial charge in [0.1, 0.15) is 5.69 Å². The van der Waals surface area contributed by atoms with Crippen LogP contribution in [0.2, 0.25) is 0 Å². The van der Waals surface area contributed by atoms with Gasteiger partial charge in [0.25, 0.3) is 0 Å². The van der Waals surface area contributed by atoms with Crippen LogP contribution in [0.1, 0.15) is 31.0 Å². The van der Waals surface area contributed by atoms with Crippen LogP contribution in [0.25, 0.3) is 0 Å². The van der Waals surface area contributed by atoms with Crippen molar-refractivity contribution in [2.45, 2.75) is 25.7 Å². The molecule has 0 N–H and O–H groups in total. The molecule has 100 valence electrons. The van der Waals surface area contributed by atoms with E-state index in [9.17, 15) is 0 Å². The molecule has 4 nitrogen and oxygen atoms in total. The maximum atomic E-state index is 5.84. The second-order valence-electron chi connectivity index (χ2n) is 5.25. The highest BCUT2D eigenvalue weighted by Crippen LogP contribution is 2.45. The lowest BCUT2D eigenvalue weighted by atomic mass is 9.84. The summed E-state index contributed by atoms with van der Waals surface area (Å²) in [7, 11) is 0. The van der Waals surface area contributed by atoms with E-state index in [-0.39, 0.29) is 5.41 Å². The Morgan fingerprint density at radius 2 is 1.95 bits per heavy atom. The van der Waals surface area contributed by atoms with Gasteiger partial charge >= 0.3 is 5.97 Å². The highest BCUT2D eigenvalue weighted by Gasteiger charge is 2.53. The molecule has 0 spiro atoms. The van der Waals surface area contributed by atoms with Crippen LogP contribution in [-0.4, -0.2) is 24.8 Å². The van der Waals surface area contributed by atoms with E-state index < -0.39 is 5.97 Å². The van der Waals surface area contributed by atoms with Crippen LogP contribution in [-0.2, 0) is 20.2 Å². The molecule has 19 heavy (non-hydrogen) atoms. The number of terminal acetylenes is 1. The van der Waals surface area contributed by atoms with E-state index in [2.05, 4.69) is 17.8 Å². The van der Waals surface area contributed by atoms with Crippen LogP contribution < -0.4 is 0 Å². The van der Waals surface area contributed by atoms with Crippen LogP contribution in [0.4, 0.5) is 0 Å². The normalized spacial score (nSPS) is 33.1. The lowest BCUT2D eigenvalue weighted by molar-refractivity contribution is -0.480. The van der Waals surface area contributed by atoms with E-state index in [1.165, 1.54) is 0 Å². The summed E-state index contributed by atoms with van der Waals surface area (Å²) in [5.41, 5.74) is 1.37. The van der Waals surface area contributed by atoms with Crippen LogP contribution >= 0.6 is 0 Å². The molecule has 0 amide bonds. The topological polar surface area (TPSA) is 40.6 Å². The summed E-state index contributed by atoms with van der Waals surface area (Å²) < 4.78 is 17.5. The Morgan fingerprint density at radius 1 is 1.26 bits per heavy atom. The molecule has 0 atom stereocenters. The number of ether oxygens (including phenoxy) is 3. The molecule has 4 heterocycles. The van der Waals surface area contributed by atoms with Gasteiger partial charge in [-0.1, -0.05) is 19.3 Å². The lowest BCUT2D eigenvalue weighted by Gasteiger charge is -2.51. The molecule has 1 aromatic heterocycles. The van der Waals surface area contributed by atoms with Gasteiger partial charge < -0.3 is 14.2 Å². The Morgan fingerprint density at radius 3 is 2.42 bits per heavy atom. The number of fused-ring (bicyclic) bond motifs is 3. The fourth-order valence-electron chi connectivity index (χ4n) is 2.65. The van der Waals surface area contributed by atoms with E-state index in [0.717, 1.165) is 18.4 Å². The number of pyridine rings is 1. The lowest BCUT2D eigenvalue weighted by Crippen LogP contribution is -2.58. The zero-order chi connectivity index (χ0) is 13.3. The smallest absolute Gasteiger partial charge is 0.313 e. The molecule has 4 rings (SSSR count). The number of hydrogen-bond acceptors (Lipinski definition) is 4. The number of rotatable bonds is 3. The highest BCUT2D eigenvalue weighted by molar-refractivity contribution is 5.27. The van der Waals surface area contributed by atoms with E-state index in [4.69, 9.17) is 20.6 Å². The summed E-state index contributed by atoms with van der Waals surface area (Å²) >= 11 is 0. The van der Waals surface area contributed by atoms with Gasteiger partial charge in [-0.15, -0.1) is 6.42 Å². The molecule has 3 fully saturated rings. The van der Waals surface area contributed by atoms with Crippen molar-refractivity contribution < 1.29 is 14.2 Å². The number of hydrogen-bond donors (Lipinski definition) is 0. The molecule has 0 saturated carbocycles. The van der Waals surface area contributed by atoms with Crippen molar-refractivity contribution >= 4 is 0 Å². The number of nitrogens with zero attached hydrogens (tertiary/aromatic N) is 1. The van der Waals surface area contributed by atoms with Gasteiger partial charge in [-0.05, 0) is 18.6 Å². The van der Waals surface area contributed by atoms with E-state index in [1.54, 1.807) is 12.3 Å². The highest BCUT2D eigenvalue weighted by atomic mass is 16.9. The maximum absolute atomic E-state index is 5.84. The molecule has 3 aliphatic heterocycles. The second kappa shape index (κ2) is 4.61. The SMILES string of the molecule is C#Cc1ccc(C23OCC(CCC)(CO2)CO3)cn1. The third kappa shape index (κ3) is 2.04. The first-order valence-electron chi connectivity index (χ1n) is 6.57. The molecule has 0 radical (unpaired) electrons. The van der Waals surface area contributed by atoms with Gasteiger partial charge in [0.15, 0.2) is 0 Å². The molecular weight excluding hydrogens is 242 g/mol. The summed E-state index contributed by atoms with van der Waals surface area (Å²) in [6.07, 6.45) is 9.11. The Balaban J connectivity index is 1.81. The number of aromatic nitrogens is 1. The zero-order valence-corrected chi connectivity index (χ0v) is 11.0.